The van der Waals surface area contributed by atoms with Crippen molar-refractivity contribution in [2.45, 2.75) is 45.4 Å². The summed E-state index contributed by atoms with van der Waals surface area (Å²) < 4.78 is 27.9. The summed E-state index contributed by atoms with van der Waals surface area (Å²) in [6.45, 7) is 9.68. The van der Waals surface area contributed by atoms with Crippen molar-refractivity contribution in [3.63, 3.8) is 0 Å². The van der Waals surface area contributed by atoms with E-state index >= 15 is 0 Å². The number of sulfonamides is 1. The molecule has 0 saturated carbocycles. The van der Waals surface area contributed by atoms with E-state index in [1.54, 1.807) is 24.0 Å². The van der Waals surface area contributed by atoms with E-state index in [-0.39, 0.29) is 29.8 Å². The third kappa shape index (κ3) is 5.17. The minimum Gasteiger partial charge on any atom is -0.311 e. The largest absolute Gasteiger partial charge is 0.311 e. The van der Waals surface area contributed by atoms with Gasteiger partial charge in [0.1, 0.15) is 0 Å². The highest BCUT2D eigenvalue weighted by molar-refractivity contribution is 7.89. The number of carbonyl (C=O) groups is 1. The van der Waals surface area contributed by atoms with E-state index in [2.05, 4.69) is 18.6 Å². The topological polar surface area (TPSA) is 66.5 Å². The summed E-state index contributed by atoms with van der Waals surface area (Å²) in [4.78, 5) is 14.1. The van der Waals surface area contributed by atoms with Crippen LogP contribution in [0.15, 0.2) is 47.4 Å². The van der Waals surface area contributed by atoms with Gasteiger partial charge in [-0.15, -0.1) is 0 Å². The molecule has 27 heavy (non-hydrogen) atoms. The Balaban J connectivity index is 2.18. The molecule has 0 saturated heterocycles. The van der Waals surface area contributed by atoms with Crippen molar-refractivity contribution >= 4 is 21.6 Å². The predicted molar refractivity (Wildman–Crippen MR) is 110 cm³/mol. The van der Waals surface area contributed by atoms with E-state index in [4.69, 9.17) is 0 Å². The van der Waals surface area contributed by atoms with Crippen molar-refractivity contribution < 1.29 is 13.2 Å². The summed E-state index contributed by atoms with van der Waals surface area (Å²) in [5.41, 5.74) is 3.47. The van der Waals surface area contributed by atoms with Gasteiger partial charge in [-0.2, -0.15) is 0 Å². The van der Waals surface area contributed by atoms with E-state index < -0.39 is 10.0 Å². The van der Waals surface area contributed by atoms with Crippen molar-refractivity contribution in [3.05, 3.63) is 59.2 Å². The molecule has 0 aliphatic carbocycles. The van der Waals surface area contributed by atoms with Gasteiger partial charge in [0.15, 0.2) is 0 Å². The molecule has 0 aromatic heterocycles. The minimum atomic E-state index is -3.63. The molecular weight excluding hydrogens is 360 g/mol. The van der Waals surface area contributed by atoms with Gasteiger partial charge in [-0.05, 0) is 48.6 Å². The number of hydrogen-bond acceptors (Lipinski definition) is 3. The van der Waals surface area contributed by atoms with Crippen molar-refractivity contribution in [2.24, 2.45) is 0 Å². The third-order valence-electron chi connectivity index (χ3n) is 4.49. The standard InChI is InChI=1S/C21H28N2O3S/c1-15(2)19-8-6-7-9-20(19)23(18(5)24)13-12-22-27(25,26)21-14-16(3)10-11-17(21)4/h6-11,14-15,22H,12-13H2,1-5H3. The summed E-state index contributed by atoms with van der Waals surface area (Å²) in [7, 11) is -3.63. The minimum absolute atomic E-state index is 0.117. The van der Waals surface area contributed by atoms with E-state index in [0.717, 1.165) is 16.8 Å². The van der Waals surface area contributed by atoms with Gasteiger partial charge in [0.05, 0.1) is 4.90 Å². The van der Waals surface area contributed by atoms with Gasteiger partial charge in [0.2, 0.25) is 15.9 Å². The summed E-state index contributed by atoms with van der Waals surface area (Å²) >= 11 is 0. The lowest BCUT2D eigenvalue weighted by molar-refractivity contribution is -0.116. The highest BCUT2D eigenvalue weighted by atomic mass is 32.2. The lowest BCUT2D eigenvalue weighted by Crippen LogP contribution is -2.38. The van der Waals surface area contributed by atoms with Crippen molar-refractivity contribution in [1.82, 2.24) is 4.72 Å². The summed E-state index contributed by atoms with van der Waals surface area (Å²) in [5.74, 6) is 0.142. The number of hydrogen-bond donors (Lipinski definition) is 1. The van der Waals surface area contributed by atoms with Crippen LogP contribution in [-0.4, -0.2) is 27.4 Å². The van der Waals surface area contributed by atoms with Crippen LogP contribution in [0.1, 0.15) is 43.4 Å². The maximum Gasteiger partial charge on any atom is 0.240 e. The van der Waals surface area contributed by atoms with Crippen LogP contribution in [0.2, 0.25) is 0 Å². The average Bonchev–Trinajstić information content (AvgIpc) is 2.60. The lowest BCUT2D eigenvalue weighted by atomic mass is 10.0. The Hall–Kier alpha value is -2.18. The second-order valence-corrected chi connectivity index (χ2v) is 8.79. The molecule has 0 spiro atoms. The number of aryl methyl sites for hydroxylation is 2. The first-order chi connectivity index (χ1) is 12.6. The van der Waals surface area contributed by atoms with E-state index in [1.165, 1.54) is 6.92 Å². The Morgan fingerprint density at radius 2 is 1.78 bits per heavy atom. The Kier molecular flexibility index (Phi) is 6.78. The Bertz CT molecular complexity index is 921. The number of anilines is 1. The Morgan fingerprint density at radius 1 is 1.11 bits per heavy atom. The van der Waals surface area contributed by atoms with Crippen LogP contribution in [0.5, 0.6) is 0 Å². The molecule has 0 aliphatic heterocycles. The molecule has 5 nitrogen and oxygen atoms in total. The fourth-order valence-corrected chi connectivity index (χ4v) is 4.38. The first-order valence-electron chi connectivity index (χ1n) is 9.07. The maximum atomic E-state index is 12.7. The summed E-state index contributed by atoms with van der Waals surface area (Å²) in [5, 5.41) is 0. The molecule has 0 fully saturated rings. The van der Waals surface area contributed by atoms with Crippen LogP contribution in [0.3, 0.4) is 0 Å². The van der Waals surface area contributed by atoms with Gasteiger partial charge >= 0.3 is 0 Å². The third-order valence-corrected chi connectivity index (χ3v) is 6.09. The molecule has 0 heterocycles. The fraction of sp³-hybridized carbons (Fsp3) is 0.381. The smallest absolute Gasteiger partial charge is 0.240 e. The second kappa shape index (κ2) is 8.67. The number of amides is 1. The number of nitrogens with zero attached hydrogens (tertiary/aromatic N) is 1. The maximum absolute atomic E-state index is 12.7. The second-order valence-electron chi connectivity index (χ2n) is 7.05. The molecule has 2 aromatic carbocycles. The van der Waals surface area contributed by atoms with Crippen molar-refractivity contribution in [2.75, 3.05) is 18.0 Å². The quantitative estimate of drug-likeness (QED) is 0.785. The molecule has 0 radical (unpaired) electrons. The van der Waals surface area contributed by atoms with Crippen LogP contribution in [0, 0.1) is 13.8 Å². The number of rotatable bonds is 7. The number of para-hydroxylation sites is 1. The number of carbonyl (C=O) groups excluding carboxylic acids is 1. The van der Waals surface area contributed by atoms with Gasteiger partial charge in [-0.3, -0.25) is 4.79 Å². The van der Waals surface area contributed by atoms with Crippen molar-refractivity contribution in [1.29, 1.82) is 0 Å². The van der Waals surface area contributed by atoms with Gasteiger partial charge < -0.3 is 4.90 Å². The molecule has 146 valence electrons. The van der Waals surface area contributed by atoms with Gasteiger partial charge in [-0.1, -0.05) is 44.2 Å². The molecule has 2 aromatic rings. The van der Waals surface area contributed by atoms with Crippen LogP contribution >= 0.6 is 0 Å². The first-order valence-corrected chi connectivity index (χ1v) is 10.6. The van der Waals surface area contributed by atoms with Crippen LogP contribution < -0.4 is 9.62 Å². The van der Waals surface area contributed by atoms with E-state index in [0.29, 0.717) is 5.56 Å². The zero-order valence-corrected chi connectivity index (χ0v) is 17.4. The molecule has 0 atom stereocenters. The van der Waals surface area contributed by atoms with Crippen molar-refractivity contribution in [3.8, 4) is 0 Å². The highest BCUT2D eigenvalue weighted by Gasteiger charge is 2.20. The molecule has 2 rings (SSSR count). The lowest BCUT2D eigenvalue weighted by Gasteiger charge is -2.25. The monoisotopic (exact) mass is 388 g/mol. The first kappa shape index (κ1) is 21.1. The molecule has 1 amide bonds. The average molecular weight is 389 g/mol. The van der Waals surface area contributed by atoms with E-state index in [9.17, 15) is 13.2 Å². The SMILES string of the molecule is CC(=O)N(CCNS(=O)(=O)c1cc(C)ccc1C)c1ccccc1C(C)C. The predicted octanol–water partition coefficient (Wildman–Crippen LogP) is 3.76. The molecule has 6 heteroatoms. The molecule has 1 N–H and O–H groups in total. The molecule has 0 unspecified atom stereocenters. The van der Waals surface area contributed by atoms with Crippen LogP contribution in [0.4, 0.5) is 5.69 Å². The van der Waals surface area contributed by atoms with Gasteiger partial charge in [0.25, 0.3) is 0 Å². The van der Waals surface area contributed by atoms with E-state index in [1.807, 2.05) is 37.3 Å². The molecule has 0 aliphatic rings. The van der Waals surface area contributed by atoms with Gasteiger partial charge in [0, 0.05) is 25.7 Å². The fourth-order valence-electron chi connectivity index (χ4n) is 3.04. The number of benzene rings is 2. The van der Waals surface area contributed by atoms with Gasteiger partial charge in [-0.25, -0.2) is 13.1 Å². The Morgan fingerprint density at radius 3 is 2.41 bits per heavy atom. The summed E-state index contributed by atoms with van der Waals surface area (Å²) in [6, 6.07) is 13.1. The normalized spacial score (nSPS) is 11.6. The Labute approximate surface area is 162 Å². The number of nitrogens with one attached hydrogen (secondary N) is 1. The zero-order valence-electron chi connectivity index (χ0n) is 16.6. The summed E-state index contributed by atoms with van der Waals surface area (Å²) in [6.07, 6.45) is 0. The van der Waals surface area contributed by atoms with Crippen LogP contribution in [-0.2, 0) is 14.8 Å². The molecular formula is C21H28N2O3S. The molecule has 0 bridgehead atoms. The van der Waals surface area contributed by atoms with Crippen LogP contribution in [0.25, 0.3) is 0 Å². The highest BCUT2D eigenvalue weighted by Crippen LogP contribution is 2.27. The zero-order chi connectivity index (χ0) is 20.2.